The lowest BCUT2D eigenvalue weighted by molar-refractivity contribution is -0.125. The molecule has 1 aromatic carbocycles. The van der Waals surface area contributed by atoms with Crippen LogP contribution in [-0.2, 0) is 4.79 Å². The molecule has 1 aliphatic carbocycles. The van der Waals surface area contributed by atoms with Gasteiger partial charge in [0, 0.05) is 5.92 Å². The van der Waals surface area contributed by atoms with Gasteiger partial charge in [-0.05, 0) is 30.9 Å². The number of rotatable bonds is 3. The molecule has 16 heavy (non-hydrogen) atoms. The summed E-state index contributed by atoms with van der Waals surface area (Å²) in [6, 6.07) is 9.82. The second kappa shape index (κ2) is 4.49. The highest BCUT2D eigenvalue weighted by atomic mass is 16.1. The van der Waals surface area contributed by atoms with Gasteiger partial charge in [0.15, 0.2) is 5.78 Å². The molecule has 0 heterocycles. The van der Waals surface area contributed by atoms with Crippen LogP contribution < -0.4 is 0 Å². The van der Waals surface area contributed by atoms with E-state index in [1.165, 1.54) is 0 Å². The van der Waals surface area contributed by atoms with E-state index in [0.29, 0.717) is 0 Å². The maximum atomic E-state index is 12.1. The highest BCUT2D eigenvalue weighted by Gasteiger charge is 2.32. The molecule has 82 valence electrons. The van der Waals surface area contributed by atoms with Crippen molar-refractivity contribution in [3.63, 3.8) is 0 Å². The third kappa shape index (κ3) is 1.86. The molecule has 1 unspecified atom stereocenters. The van der Waals surface area contributed by atoms with E-state index in [1.807, 2.05) is 31.2 Å². The number of aryl methyl sites for hydroxylation is 1. The number of Topliss-reactive ketones (excluding diaryl/α,β-unsaturated/α-hetero) is 1. The van der Waals surface area contributed by atoms with Crippen LogP contribution in [-0.4, -0.2) is 5.78 Å². The van der Waals surface area contributed by atoms with Crippen LogP contribution in [0.15, 0.2) is 24.3 Å². The second-order valence-electron chi connectivity index (χ2n) is 4.45. The van der Waals surface area contributed by atoms with Crippen LogP contribution >= 0.6 is 0 Å². The molecular weight excluding hydrogens is 198 g/mol. The molecule has 1 aliphatic rings. The maximum absolute atomic E-state index is 12.1. The van der Waals surface area contributed by atoms with Crippen molar-refractivity contribution in [3.8, 4) is 6.07 Å². The summed E-state index contributed by atoms with van der Waals surface area (Å²) in [5, 5.41) is 9.17. The number of nitriles is 1. The fraction of sp³-hybridized carbons (Fsp3) is 0.429. The van der Waals surface area contributed by atoms with Gasteiger partial charge < -0.3 is 0 Å². The Morgan fingerprint density at radius 3 is 2.62 bits per heavy atom. The lowest BCUT2D eigenvalue weighted by Gasteiger charge is -2.26. The molecular formula is C14H15NO. The van der Waals surface area contributed by atoms with Crippen LogP contribution in [0.4, 0.5) is 0 Å². The molecule has 0 aliphatic heterocycles. The van der Waals surface area contributed by atoms with E-state index in [2.05, 4.69) is 6.07 Å². The first-order valence-corrected chi connectivity index (χ1v) is 5.73. The van der Waals surface area contributed by atoms with Gasteiger partial charge in [0.25, 0.3) is 0 Å². The number of carbonyl (C=O) groups excluding carboxylic acids is 1. The number of carbonyl (C=O) groups is 1. The summed E-state index contributed by atoms with van der Waals surface area (Å²) in [5.74, 6) is -0.321. The molecule has 1 saturated carbocycles. The minimum absolute atomic E-state index is 0.114. The topological polar surface area (TPSA) is 40.9 Å². The minimum atomic E-state index is -0.563. The van der Waals surface area contributed by atoms with Crippen molar-refractivity contribution in [2.45, 2.75) is 32.1 Å². The molecule has 0 saturated heterocycles. The van der Waals surface area contributed by atoms with Gasteiger partial charge in [-0.1, -0.05) is 30.7 Å². The Bertz CT molecular complexity index is 440. The van der Waals surface area contributed by atoms with E-state index < -0.39 is 5.92 Å². The lowest BCUT2D eigenvalue weighted by Crippen LogP contribution is -2.27. The number of hydrogen-bond donors (Lipinski definition) is 0. The van der Waals surface area contributed by atoms with Gasteiger partial charge in [0.2, 0.25) is 0 Å². The molecule has 0 bridgehead atoms. The summed E-state index contributed by atoms with van der Waals surface area (Å²) in [6.07, 6.45) is 3.05. The standard InChI is InChI=1S/C14H15NO/c1-10-5-2-3-8-12(10)13(9-15)14(16)11-6-4-7-11/h2-3,5,8,11,13H,4,6-7H2,1H3. The van der Waals surface area contributed by atoms with Crippen LogP contribution in [0, 0.1) is 24.2 Å². The maximum Gasteiger partial charge on any atom is 0.157 e. The molecule has 0 spiro atoms. The average molecular weight is 213 g/mol. The summed E-state index contributed by atoms with van der Waals surface area (Å²) < 4.78 is 0. The lowest BCUT2D eigenvalue weighted by atomic mass is 9.76. The van der Waals surface area contributed by atoms with E-state index in [-0.39, 0.29) is 11.7 Å². The number of ketones is 1. The van der Waals surface area contributed by atoms with Gasteiger partial charge in [0.1, 0.15) is 5.92 Å². The van der Waals surface area contributed by atoms with E-state index in [1.54, 1.807) is 0 Å². The fourth-order valence-corrected chi connectivity index (χ4v) is 2.13. The zero-order valence-corrected chi connectivity index (χ0v) is 9.44. The molecule has 1 atom stereocenters. The Kier molecular flexibility index (Phi) is 3.05. The Morgan fingerprint density at radius 1 is 1.44 bits per heavy atom. The largest absolute Gasteiger partial charge is 0.298 e. The molecule has 0 N–H and O–H groups in total. The number of hydrogen-bond acceptors (Lipinski definition) is 2. The van der Waals surface area contributed by atoms with Crippen molar-refractivity contribution >= 4 is 5.78 Å². The summed E-state index contributed by atoms with van der Waals surface area (Å²) in [6.45, 7) is 1.95. The number of benzene rings is 1. The van der Waals surface area contributed by atoms with Gasteiger partial charge in [-0.15, -0.1) is 0 Å². The summed E-state index contributed by atoms with van der Waals surface area (Å²) in [4.78, 5) is 12.1. The second-order valence-corrected chi connectivity index (χ2v) is 4.45. The normalized spacial score (nSPS) is 17.2. The molecule has 1 aromatic rings. The van der Waals surface area contributed by atoms with Crippen molar-refractivity contribution in [3.05, 3.63) is 35.4 Å². The first kappa shape index (κ1) is 10.9. The zero-order valence-electron chi connectivity index (χ0n) is 9.44. The molecule has 0 amide bonds. The van der Waals surface area contributed by atoms with Gasteiger partial charge >= 0.3 is 0 Å². The van der Waals surface area contributed by atoms with Gasteiger partial charge in [-0.25, -0.2) is 0 Å². The number of nitrogens with zero attached hydrogens (tertiary/aromatic N) is 1. The predicted molar refractivity (Wildman–Crippen MR) is 61.9 cm³/mol. The summed E-state index contributed by atoms with van der Waals surface area (Å²) in [7, 11) is 0. The fourth-order valence-electron chi connectivity index (χ4n) is 2.13. The Morgan fingerprint density at radius 2 is 2.12 bits per heavy atom. The van der Waals surface area contributed by atoms with Crippen molar-refractivity contribution in [2.24, 2.45) is 5.92 Å². The summed E-state index contributed by atoms with van der Waals surface area (Å²) >= 11 is 0. The van der Waals surface area contributed by atoms with Crippen LogP contribution in [0.5, 0.6) is 0 Å². The van der Waals surface area contributed by atoms with E-state index in [4.69, 9.17) is 0 Å². The summed E-state index contributed by atoms with van der Waals surface area (Å²) in [5.41, 5.74) is 1.91. The van der Waals surface area contributed by atoms with Crippen molar-refractivity contribution < 1.29 is 4.79 Å². The highest BCUT2D eigenvalue weighted by Crippen LogP contribution is 2.33. The van der Waals surface area contributed by atoms with E-state index in [9.17, 15) is 10.1 Å². The molecule has 0 radical (unpaired) electrons. The molecule has 0 aromatic heterocycles. The minimum Gasteiger partial charge on any atom is -0.298 e. The van der Waals surface area contributed by atoms with Crippen LogP contribution in [0.1, 0.15) is 36.3 Å². The Balaban J connectivity index is 2.26. The van der Waals surface area contributed by atoms with Gasteiger partial charge in [-0.3, -0.25) is 4.79 Å². The quantitative estimate of drug-likeness (QED) is 0.774. The van der Waals surface area contributed by atoms with Crippen molar-refractivity contribution in [1.82, 2.24) is 0 Å². The predicted octanol–water partition coefficient (Wildman–Crippen LogP) is 2.97. The van der Waals surface area contributed by atoms with Crippen molar-refractivity contribution in [1.29, 1.82) is 5.26 Å². The van der Waals surface area contributed by atoms with Crippen LogP contribution in [0.2, 0.25) is 0 Å². The Labute approximate surface area is 95.9 Å². The molecule has 1 fully saturated rings. The Hall–Kier alpha value is -1.62. The molecule has 2 rings (SSSR count). The van der Waals surface area contributed by atoms with Crippen LogP contribution in [0.25, 0.3) is 0 Å². The van der Waals surface area contributed by atoms with E-state index >= 15 is 0 Å². The molecule has 2 heteroatoms. The third-order valence-corrected chi connectivity index (χ3v) is 3.42. The third-order valence-electron chi connectivity index (χ3n) is 3.42. The first-order valence-electron chi connectivity index (χ1n) is 5.73. The smallest absolute Gasteiger partial charge is 0.157 e. The monoisotopic (exact) mass is 213 g/mol. The van der Waals surface area contributed by atoms with Gasteiger partial charge in [0.05, 0.1) is 6.07 Å². The average Bonchev–Trinajstić information content (AvgIpc) is 2.19. The first-order chi connectivity index (χ1) is 7.74. The van der Waals surface area contributed by atoms with E-state index in [0.717, 1.165) is 30.4 Å². The van der Waals surface area contributed by atoms with Crippen molar-refractivity contribution in [2.75, 3.05) is 0 Å². The molecule has 2 nitrogen and oxygen atoms in total. The SMILES string of the molecule is Cc1ccccc1C(C#N)C(=O)C1CCC1. The van der Waals surface area contributed by atoms with Crippen LogP contribution in [0.3, 0.4) is 0 Å². The zero-order chi connectivity index (χ0) is 11.5. The van der Waals surface area contributed by atoms with Gasteiger partial charge in [-0.2, -0.15) is 5.26 Å². The highest BCUT2D eigenvalue weighted by molar-refractivity contribution is 5.91.